The van der Waals surface area contributed by atoms with Crippen molar-refractivity contribution in [2.45, 2.75) is 77.0 Å². The predicted molar refractivity (Wildman–Crippen MR) is 297 cm³/mol. The van der Waals surface area contributed by atoms with E-state index < -0.39 is 0 Å². The van der Waals surface area contributed by atoms with Gasteiger partial charge in [-0.3, -0.25) is 0 Å². The quantitative estimate of drug-likeness (QED) is 0.171. The van der Waals surface area contributed by atoms with Crippen LogP contribution in [0.5, 0.6) is 0 Å². The van der Waals surface area contributed by atoms with E-state index in [1.807, 2.05) is 22.7 Å². The standard InChI is InChI=1S/C66H51NS2/c1-63(2)47-30-31-54-56(42-21-13-16-24-52(42)68-54)55(47)45-35-50-44(34-51(45)63)39-28-26-37(32-48(39)64(50,3)4)67(36-18-10-9-11-19-36)38-27-29-41-49(33-38)66(7,8)60-57(41)58-43-22-14-17-25-53(43)69-62(58)59-40-20-12-15-23-46(40)65(5,6)61(59)60/h9-35H,1-8H3. The Kier molecular flexibility index (Phi) is 7.62. The largest absolute Gasteiger partial charge is 0.310 e. The van der Waals surface area contributed by atoms with Crippen LogP contribution in [-0.2, 0) is 21.7 Å². The van der Waals surface area contributed by atoms with Gasteiger partial charge in [0.1, 0.15) is 0 Å². The zero-order valence-corrected chi connectivity index (χ0v) is 42.0. The van der Waals surface area contributed by atoms with Crippen LogP contribution in [0.25, 0.3) is 84.9 Å². The van der Waals surface area contributed by atoms with Crippen molar-refractivity contribution in [3.63, 3.8) is 0 Å². The summed E-state index contributed by atoms with van der Waals surface area (Å²) in [7, 11) is 0. The molecule has 0 N–H and O–H groups in total. The molecule has 332 valence electrons. The number of fused-ring (bicyclic) bond motifs is 22. The monoisotopic (exact) mass is 921 g/mol. The maximum atomic E-state index is 2.59. The third kappa shape index (κ3) is 4.90. The minimum Gasteiger partial charge on any atom is -0.310 e. The number of para-hydroxylation sites is 1. The molecule has 4 aliphatic rings. The number of thiophene rings is 2. The Balaban J connectivity index is 0.907. The highest BCUT2D eigenvalue weighted by molar-refractivity contribution is 7.26. The van der Waals surface area contributed by atoms with Crippen molar-refractivity contribution in [2.75, 3.05) is 4.90 Å². The van der Waals surface area contributed by atoms with Gasteiger partial charge in [-0.05, 0) is 150 Å². The van der Waals surface area contributed by atoms with E-state index in [-0.39, 0.29) is 21.7 Å². The summed E-state index contributed by atoms with van der Waals surface area (Å²) in [6.45, 7) is 19.7. The minimum absolute atomic E-state index is 0.114. The van der Waals surface area contributed by atoms with Crippen LogP contribution in [0.3, 0.4) is 0 Å². The van der Waals surface area contributed by atoms with E-state index in [1.54, 1.807) is 0 Å². The molecular formula is C66H51NS2. The summed E-state index contributed by atoms with van der Waals surface area (Å²) in [6.07, 6.45) is 0. The van der Waals surface area contributed by atoms with Gasteiger partial charge in [0.15, 0.2) is 0 Å². The Morgan fingerprint density at radius 2 is 0.855 bits per heavy atom. The number of hydrogen-bond acceptors (Lipinski definition) is 3. The molecule has 0 spiro atoms. The molecule has 0 radical (unpaired) electrons. The molecule has 0 saturated heterocycles. The van der Waals surface area contributed by atoms with Crippen molar-refractivity contribution >= 4 is 80.1 Å². The Hall–Kier alpha value is -6.78. The fourth-order valence-electron chi connectivity index (χ4n) is 14.1. The number of nitrogens with zero attached hydrogens (tertiary/aromatic N) is 1. The maximum Gasteiger partial charge on any atom is 0.0465 e. The summed E-state index contributed by atoms with van der Waals surface area (Å²) in [5.41, 5.74) is 25.5. The number of hydrogen-bond donors (Lipinski definition) is 0. The first-order chi connectivity index (χ1) is 33.3. The zero-order chi connectivity index (χ0) is 46.7. The van der Waals surface area contributed by atoms with Gasteiger partial charge in [0.25, 0.3) is 0 Å². The van der Waals surface area contributed by atoms with Crippen molar-refractivity contribution in [1.29, 1.82) is 0 Å². The Morgan fingerprint density at radius 1 is 0.319 bits per heavy atom. The van der Waals surface area contributed by atoms with Crippen molar-refractivity contribution in [3.05, 3.63) is 208 Å². The smallest absolute Gasteiger partial charge is 0.0465 e. The number of anilines is 3. The van der Waals surface area contributed by atoms with E-state index in [1.165, 1.54) is 141 Å². The van der Waals surface area contributed by atoms with Gasteiger partial charge in [0, 0.05) is 84.6 Å². The van der Waals surface area contributed by atoms with Crippen LogP contribution in [0.2, 0.25) is 0 Å². The molecule has 9 aromatic carbocycles. The summed E-state index contributed by atoms with van der Waals surface area (Å²) < 4.78 is 5.52. The highest BCUT2D eigenvalue weighted by Gasteiger charge is 2.49. The van der Waals surface area contributed by atoms with Crippen LogP contribution in [0.1, 0.15) is 99.9 Å². The van der Waals surface area contributed by atoms with Crippen molar-refractivity contribution in [2.24, 2.45) is 0 Å². The van der Waals surface area contributed by atoms with Crippen molar-refractivity contribution in [1.82, 2.24) is 0 Å². The molecule has 2 aromatic heterocycles. The Morgan fingerprint density at radius 3 is 1.61 bits per heavy atom. The van der Waals surface area contributed by atoms with Crippen LogP contribution in [0, 0.1) is 0 Å². The van der Waals surface area contributed by atoms with Gasteiger partial charge in [-0.25, -0.2) is 0 Å². The van der Waals surface area contributed by atoms with E-state index in [0.717, 1.165) is 5.69 Å². The molecule has 0 saturated carbocycles. The van der Waals surface area contributed by atoms with Gasteiger partial charge in [-0.1, -0.05) is 152 Å². The summed E-state index contributed by atoms with van der Waals surface area (Å²) in [5, 5.41) is 5.58. The molecule has 0 fully saturated rings. The molecule has 0 aliphatic heterocycles. The molecule has 1 nitrogen and oxygen atoms in total. The van der Waals surface area contributed by atoms with Gasteiger partial charge in [-0.2, -0.15) is 0 Å². The molecular weight excluding hydrogens is 871 g/mol. The van der Waals surface area contributed by atoms with E-state index in [4.69, 9.17) is 0 Å². The first kappa shape index (κ1) is 40.1. The topological polar surface area (TPSA) is 3.24 Å². The molecule has 0 amide bonds. The molecule has 69 heavy (non-hydrogen) atoms. The second-order valence-corrected chi connectivity index (χ2v) is 24.5. The highest BCUT2D eigenvalue weighted by Crippen LogP contribution is 2.65. The molecule has 0 unspecified atom stereocenters. The molecule has 0 bridgehead atoms. The van der Waals surface area contributed by atoms with Gasteiger partial charge >= 0.3 is 0 Å². The first-order valence-electron chi connectivity index (χ1n) is 24.7. The first-order valence-corrected chi connectivity index (χ1v) is 26.3. The molecule has 2 heterocycles. The van der Waals surface area contributed by atoms with Gasteiger partial charge in [-0.15, -0.1) is 22.7 Å². The Bertz CT molecular complexity index is 4130. The lowest BCUT2D eigenvalue weighted by Crippen LogP contribution is -2.24. The predicted octanol–water partition coefficient (Wildman–Crippen LogP) is 19.1. The summed E-state index contributed by atoms with van der Waals surface area (Å²) in [4.78, 5) is 2.51. The summed E-state index contributed by atoms with van der Waals surface area (Å²) in [5.74, 6) is 0. The lowest BCUT2D eigenvalue weighted by molar-refractivity contribution is 0.602. The normalized spacial score (nSPS) is 16.6. The van der Waals surface area contributed by atoms with Gasteiger partial charge < -0.3 is 4.90 Å². The minimum atomic E-state index is -0.251. The van der Waals surface area contributed by atoms with Gasteiger partial charge in [0.05, 0.1) is 0 Å². The number of rotatable bonds is 3. The van der Waals surface area contributed by atoms with Crippen molar-refractivity contribution in [3.8, 4) is 44.5 Å². The third-order valence-electron chi connectivity index (χ3n) is 17.4. The average molecular weight is 922 g/mol. The van der Waals surface area contributed by atoms with Crippen LogP contribution in [-0.4, -0.2) is 0 Å². The molecule has 3 heteroatoms. The maximum absolute atomic E-state index is 2.59. The van der Waals surface area contributed by atoms with E-state index >= 15 is 0 Å². The lowest BCUT2D eigenvalue weighted by Gasteiger charge is -2.32. The van der Waals surface area contributed by atoms with E-state index in [9.17, 15) is 0 Å². The Labute approximate surface area is 412 Å². The summed E-state index contributed by atoms with van der Waals surface area (Å²) >= 11 is 3.90. The second kappa shape index (κ2) is 13.1. The van der Waals surface area contributed by atoms with E-state index in [2.05, 4.69) is 224 Å². The molecule has 15 rings (SSSR count). The van der Waals surface area contributed by atoms with Crippen LogP contribution in [0.15, 0.2) is 164 Å². The third-order valence-corrected chi connectivity index (χ3v) is 19.7. The fraction of sp³-hybridized carbons (Fsp3) is 0.182. The summed E-state index contributed by atoms with van der Waals surface area (Å²) in [6, 6.07) is 63.0. The van der Waals surface area contributed by atoms with Crippen LogP contribution in [0.4, 0.5) is 17.1 Å². The van der Waals surface area contributed by atoms with Crippen molar-refractivity contribution < 1.29 is 0 Å². The molecule has 0 atom stereocenters. The zero-order valence-electron chi connectivity index (χ0n) is 40.4. The number of benzene rings is 9. The fourth-order valence-corrected chi connectivity index (χ4v) is 16.5. The van der Waals surface area contributed by atoms with Crippen LogP contribution < -0.4 is 4.90 Å². The van der Waals surface area contributed by atoms with E-state index in [0.29, 0.717) is 0 Å². The molecule has 4 aliphatic carbocycles. The SMILES string of the molecule is CC1(C)c2cc(N(c3ccccc3)c3ccc4c(c3)C(C)(C)c3c5c(c6sc7ccccc7c6c3-4)-c3ccccc3C5(C)C)ccc2-c2cc3c(cc21)-c1c(ccc2sc4ccccc4c12)C3(C)C. The van der Waals surface area contributed by atoms with Gasteiger partial charge in [0.2, 0.25) is 0 Å². The van der Waals surface area contributed by atoms with Crippen LogP contribution >= 0.6 is 22.7 Å². The molecule has 11 aromatic rings. The highest BCUT2D eigenvalue weighted by atomic mass is 32.1. The average Bonchev–Trinajstić information content (AvgIpc) is 4.14. The lowest BCUT2D eigenvalue weighted by atomic mass is 9.72. The second-order valence-electron chi connectivity index (χ2n) is 22.4.